The number of aromatic nitrogens is 5. The highest BCUT2D eigenvalue weighted by molar-refractivity contribution is 7.99. The largest absolute Gasteiger partial charge is 0.497 e. The second-order valence-electron chi connectivity index (χ2n) is 14.3. The number of aliphatic hydroxyl groups is 1. The van der Waals surface area contributed by atoms with Gasteiger partial charge in [0.1, 0.15) is 28.4 Å². The standard InChI is InChI=1S/C36H41N5O7S/c1-20-13-14-34(3)27(35(20,4)19-46-21(2)42)17-28(49-33-38-39-40-41(33)23-9-11-24(45-6)12-10-23)36(5)31(34)30(43)29-26(48-36)16-25(47-32(29)44)22-8-7-15-37-18-22/h7-12,15-16,18,20,27-28,30-31,43H,13-14,17,19H2,1-6H3/t20-,27?,28+,30-,31?,34-,35+,36+/m0/s1. The third-order valence-electron chi connectivity index (χ3n) is 11.7. The number of fused-ring (bicyclic) bond motifs is 4. The number of aliphatic hydroxyl groups excluding tert-OH is 1. The van der Waals surface area contributed by atoms with Gasteiger partial charge < -0.3 is 23.7 Å². The third kappa shape index (κ3) is 5.41. The van der Waals surface area contributed by atoms with Crippen molar-refractivity contribution >= 4 is 17.7 Å². The number of nitrogens with zero attached hydrogens (tertiary/aromatic N) is 5. The molecule has 12 nitrogen and oxygen atoms in total. The Labute approximate surface area is 288 Å². The Morgan fingerprint density at radius 1 is 1.18 bits per heavy atom. The molecule has 1 aromatic carbocycles. The summed E-state index contributed by atoms with van der Waals surface area (Å²) in [7, 11) is 1.61. The molecule has 2 saturated carbocycles. The van der Waals surface area contributed by atoms with Crippen molar-refractivity contribution in [2.24, 2.45) is 28.6 Å². The summed E-state index contributed by atoms with van der Waals surface area (Å²) in [6.07, 6.45) is 4.39. The van der Waals surface area contributed by atoms with Gasteiger partial charge in [0.05, 0.1) is 30.8 Å². The van der Waals surface area contributed by atoms with Gasteiger partial charge in [-0.1, -0.05) is 32.5 Å². The summed E-state index contributed by atoms with van der Waals surface area (Å²) in [4.78, 5) is 30.0. The molecule has 13 heteroatoms. The first-order valence-electron chi connectivity index (χ1n) is 16.6. The number of esters is 1. The highest BCUT2D eigenvalue weighted by Gasteiger charge is 2.69. The van der Waals surface area contributed by atoms with Crippen LogP contribution in [-0.2, 0) is 9.53 Å². The molecular formula is C36H41N5O7S. The van der Waals surface area contributed by atoms with Crippen LogP contribution in [0.15, 0.2) is 69.2 Å². The SMILES string of the molecule is COc1ccc(-n2nnnc2S[C@@H]2CC3[C@](C)(CC[C@H](C)[C@@]3(C)COC(C)=O)C3[C@@H](O)c4c(cc(-c5cccnc5)oc4=O)O[C@@]32C)cc1. The topological polar surface area (TPSA) is 152 Å². The molecule has 4 aromatic rings. The highest BCUT2D eigenvalue weighted by Crippen LogP contribution is 2.69. The minimum absolute atomic E-state index is 0.0227. The molecule has 3 aliphatic rings. The Hall–Kier alpha value is -4.23. The van der Waals surface area contributed by atoms with Gasteiger partial charge in [-0.2, -0.15) is 4.68 Å². The van der Waals surface area contributed by atoms with Crippen molar-refractivity contribution in [1.29, 1.82) is 0 Å². The van der Waals surface area contributed by atoms with Gasteiger partial charge in [-0.05, 0) is 90.3 Å². The Morgan fingerprint density at radius 2 is 1.96 bits per heavy atom. The fourth-order valence-electron chi connectivity index (χ4n) is 8.96. The van der Waals surface area contributed by atoms with E-state index in [2.05, 4.69) is 41.3 Å². The van der Waals surface area contributed by atoms with E-state index in [1.54, 1.807) is 42.4 Å². The Morgan fingerprint density at radius 3 is 2.65 bits per heavy atom. The lowest BCUT2D eigenvalue weighted by Crippen LogP contribution is -2.69. The number of carbonyl (C=O) groups is 1. The van der Waals surface area contributed by atoms with Crippen molar-refractivity contribution < 1.29 is 28.5 Å². The first-order valence-corrected chi connectivity index (χ1v) is 17.5. The average Bonchev–Trinajstić information content (AvgIpc) is 3.55. The quantitative estimate of drug-likeness (QED) is 0.238. The van der Waals surface area contributed by atoms with Crippen molar-refractivity contribution in [1.82, 2.24) is 25.2 Å². The number of methoxy groups -OCH3 is 1. The van der Waals surface area contributed by atoms with Crippen molar-refractivity contribution in [3.8, 4) is 28.5 Å². The van der Waals surface area contributed by atoms with Crippen molar-refractivity contribution in [2.75, 3.05) is 13.7 Å². The third-order valence-corrected chi connectivity index (χ3v) is 13.1. The minimum Gasteiger partial charge on any atom is -0.497 e. The first-order chi connectivity index (χ1) is 23.4. The van der Waals surface area contributed by atoms with Crippen LogP contribution in [-0.4, -0.2) is 60.8 Å². The minimum atomic E-state index is -1.19. The van der Waals surface area contributed by atoms with E-state index in [-0.39, 0.29) is 41.0 Å². The van der Waals surface area contributed by atoms with E-state index < -0.39 is 34.1 Å². The number of tetrazole rings is 1. The summed E-state index contributed by atoms with van der Waals surface area (Å²) in [5, 5.41) is 25.5. The molecule has 258 valence electrons. The lowest BCUT2D eigenvalue weighted by atomic mass is 9.42. The number of carbonyl (C=O) groups excluding carboxylic acids is 1. The molecule has 2 fully saturated rings. The van der Waals surface area contributed by atoms with Gasteiger partial charge in [0.15, 0.2) is 0 Å². The molecule has 2 unspecified atom stereocenters. The zero-order valence-corrected chi connectivity index (χ0v) is 29.3. The van der Waals surface area contributed by atoms with Gasteiger partial charge in [-0.3, -0.25) is 9.78 Å². The molecule has 1 aliphatic heterocycles. The zero-order chi connectivity index (χ0) is 34.7. The summed E-state index contributed by atoms with van der Waals surface area (Å²) in [6, 6.07) is 12.7. The van der Waals surface area contributed by atoms with Gasteiger partial charge in [0.2, 0.25) is 5.16 Å². The first kappa shape index (κ1) is 33.3. The smallest absolute Gasteiger partial charge is 0.345 e. The molecule has 8 atom stereocenters. The summed E-state index contributed by atoms with van der Waals surface area (Å²) >= 11 is 1.49. The summed E-state index contributed by atoms with van der Waals surface area (Å²) in [5.74, 6) is 0.656. The molecular weight excluding hydrogens is 646 g/mol. The van der Waals surface area contributed by atoms with Crippen LogP contribution in [0.2, 0.25) is 0 Å². The van der Waals surface area contributed by atoms with Crippen LogP contribution < -0.4 is 15.1 Å². The van der Waals surface area contributed by atoms with Crippen LogP contribution >= 0.6 is 11.8 Å². The molecule has 0 bridgehead atoms. The van der Waals surface area contributed by atoms with Crippen LogP contribution in [0.4, 0.5) is 0 Å². The average molecular weight is 688 g/mol. The molecule has 0 spiro atoms. The zero-order valence-electron chi connectivity index (χ0n) is 28.5. The molecule has 0 radical (unpaired) electrons. The van der Waals surface area contributed by atoms with Gasteiger partial charge in [-0.25, -0.2) is 4.79 Å². The molecule has 4 heterocycles. The van der Waals surface area contributed by atoms with E-state index in [4.69, 9.17) is 18.6 Å². The lowest BCUT2D eigenvalue weighted by Gasteiger charge is -2.67. The van der Waals surface area contributed by atoms with Crippen molar-refractivity contribution in [3.05, 3.63) is 70.8 Å². The predicted molar refractivity (Wildman–Crippen MR) is 180 cm³/mol. The number of hydrogen-bond donors (Lipinski definition) is 1. The van der Waals surface area contributed by atoms with E-state index in [1.807, 2.05) is 31.2 Å². The van der Waals surface area contributed by atoms with E-state index in [0.29, 0.717) is 28.7 Å². The van der Waals surface area contributed by atoms with Crippen LogP contribution in [0.25, 0.3) is 17.0 Å². The summed E-state index contributed by atoms with van der Waals surface area (Å²) < 4.78 is 25.6. The molecule has 0 amide bonds. The van der Waals surface area contributed by atoms with Crippen LogP contribution in [0, 0.1) is 28.6 Å². The van der Waals surface area contributed by atoms with E-state index >= 15 is 0 Å². The van der Waals surface area contributed by atoms with Gasteiger partial charge >= 0.3 is 11.6 Å². The van der Waals surface area contributed by atoms with Crippen LogP contribution in [0.1, 0.15) is 65.5 Å². The van der Waals surface area contributed by atoms with E-state index in [0.717, 1.165) is 18.5 Å². The van der Waals surface area contributed by atoms with Crippen LogP contribution in [0.3, 0.4) is 0 Å². The fraction of sp³-hybridized carbons (Fsp3) is 0.500. The molecule has 0 saturated heterocycles. The predicted octanol–water partition coefficient (Wildman–Crippen LogP) is 5.67. The Bertz CT molecular complexity index is 1920. The highest BCUT2D eigenvalue weighted by atomic mass is 32.2. The number of ether oxygens (including phenoxy) is 3. The van der Waals surface area contributed by atoms with Gasteiger partial charge in [-0.15, -0.1) is 5.10 Å². The molecule has 3 aromatic heterocycles. The number of thioether (sulfide) groups is 1. The number of benzene rings is 1. The maximum atomic E-state index is 13.7. The number of rotatable bonds is 7. The maximum Gasteiger partial charge on any atom is 0.345 e. The Balaban J connectivity index is 1.37. The van der Waals surface area contributed by atoms with Crippen molar-refractivity contribution in [3.63, 3.8) is 0 Å². The van der Waals surface area contributed by atoms with E-state index in [9.17, 15) is 14.7 Å². The number of pyridine rings is 1. The second kappa shape index (κ2) is 12.3. The normalized spacial score (nSPS) is 31.9. The molecule has 49 heavy (non-hydrogen) atoms. The summed E-state index contributed by atoms with van der Waals surface area (Å²) in [6.45, 7) is 10.3. The monoisotopic (exact) mass is 687 g/mol. The Kier molecular flexibility index (Phi) is 8.33. The molecule has 2 aliphatic carbocycles. The second-order valence-corrected chi connectivity index (χ2v) is 15.5. The lowest BCUT2D eigenvalue weighted by molar-refractivity contribution is -0.220. The van der Waals surface area contributed by atoms with Crippen molar-refractivity contribution in [2.45, 2.75) is 76.0 Å². The fourth-order valence-corrected chi connectivity index (χ4v) is 10.3. The summed E-state index contributed by atoms with van der Waals surface area (Å²) in [5.41, 5.74) is -1.05. The van der Waals surface area contributed by atoms with E-state index in [1.165, 1.54) is 18.7 Å². The molecule has 1 N–H and O–H groups in total. The molecule has 7 rings (SSSR count). The van der Waals surface area contributed by atoms with Gasteiger partial charge in [0.25, 0.3) is 0 Å². The maximum absolute atomic E-state index is 13.7. The van der Waals surface area contributed by atoms with Crippen LogP contribution in [0.5, 0.6) is 11.5 Å². The number of hydrogen-bond acceptors (Lipinski definition) is 12. The van der Waals surface area contributed by atoms with Gasteiger partial charge in [0, 0.05) is 42.3 Å².